The molecule has 0 aliphatic rings. The fourth-order valence-corrected chi connectivity index (χ4v) is 1.40. The Balaban J connectivity index is 3.52. The molecule has 2 unspecified atom stereocenters. The predicted octanol–water partition coefficient (Wildman–Crippen LogP) is 1.76. The van der Waals surface area contributed by atoms with Crippen LogP contribution in [0, 0.1) is 11.3 Å². The van der Waals surface area contributed by atoms with Crippen molar-refractivity contribution >= 4 is 6.21 Å². The first kappa shape index (κ1) is 12.6. The first-order chi connectivity index (χ1) is 6.24. The average molecular weight is 186 g/mol. The summed E-state index contributed by atoms with van der Waals surface area (Å²) in [5, 5.41) is 18.8. The first-order valence-corrected chi connectivity index (χ1v) is 5.09. The molecule has 3 heteroatoms. The molecular formula is C10H22N2O. The SMILES string of the molecule is CCCC(C=N)CCC(C)NCO. The van der Waals surface area contributed by atoms with Gasteiger partial charge in [0, 0.05) is 6.04 Å². The van der Waals surface area contributed by atoms with Crippen molar-refractivity contribution in [2.75, 3.05) is 6.73 Å². The summed E-state index contributed by atoms with van der Waals surface area (Å²) in [6.45, 7) is 4.25. The van der Waals surface area contributed by atoms with Gasteiger partial charge in [-0.3, -0.25) is 5.32 Å². The van der Waals surface area contributed by atoms with E-state index < -0.39 is 0 Å². The van der Waals surface area contributed by atoms with Gasteiger partial charge in [-0.1, -0.05) is 13.3 Å². The molecule has 0 aromatic heterocycles. The molecule has 0 amide bonds. The molecule has 0 saturated carbocycles. The smallest absolute Gasteiger partial charge is 0.0933 e. The monoisotopic (exact) mass is 186 g/mol. The summed E-state index contributed by atoms with van der Waals surface area (Å²) in [7, 11) is 0. The summed E-state index contributed by atoms with van der Waals surface area (Å²) in [5.41, 5.74) is 0. The number of hydrogen-bond acceptors (Lipinski definition) is 3. The normalized spacial score (nSPS) is 15.3. The van der Waals surface area contributed by atoms with Crippen LogP contribution in [0.5, 0.6) is 0 Å². The van der Waals surface area contributed by atoms with Crippen LogP contribution in [0.3, 0.4) is 0 Å². The summed E-state index contributed by atoms with van der Waals surface area (Å²) in [5.74, 6) is 0.424. The lowest BCUT2D eigenvalue weighted by atomic mass is 9.97. The Morgan fingerprint density at radius 1 is 1.38 bits per heavy atom. The minimum atomic E-state index is 0.0458. The van der Waals surface area contributed by atoms with Gasteiger partial charge < -0.3 is 10.5 Å². The van der Waals surface area contributed by atoms with Gasteiger partial charge in [0.25, 0.3) is 0 Å². The summed E-state index contributed by atoms with van der Waals surface area (Å²) >= 11 is 0. The minimum absolute atomic E-state index is 0.0458. The Morgan fingerprint density at radius 3 is 2.54 bits per heavy atom. The van der Waals surface area contributed by atoms with E-state index in [-0.39, 0.29) is 6.73 Å². The quantitative estimate of drug-likeness (QED) is 0.399. The molecule has 0 rings (SSSR count). The van der Waals surface area contributed by atoms with Crippen LogP contribution in [-0.2, 0) is 0 Å². The van der Waals surface area contributed by atoms with E-state index in [9.17, 15) is 0 Å². The summed E-state index contributed by atoms with van der Waals surface area (Å²) in [6, 6.07) is 0.351. The fraction of sp³-hybridized carbons (Fsp3) is 0.900. The van der Waals surface area contributed by atoms with Crippen LogP contribution in [0.25, 0.3) is 0 Å². The Morgan fingerprint density at radius 2 is 2.08 bits per heavy atom. The van der Waals surface area contributed by atoms with Crippen LogP contribution >= 0.6 is 0 Å². The first-order valence-electron chi connectivity index (χ1n) is 5.09. The van der Waals surface area contributed by atoms with E-state index in [1.165, 1.54) is 0 Å². The zero-order valence-electron chi connectivity index (χ0n) is 8.71. The number of rotatable bonds is 8. The summed E-state index contributed by atoms with van der Waals surface area (Å²) in [6.07, 6.45) is 5.87. The number of aliphatic hydroxyl groups is 1. The standard InChI is InChI=1S/C10H22N2O/c1-3-4-10(7-11)6-5-9(2)12-8-13/h7,9-13H,3-6,8H2,1-2H3. The van der Waals surface area contributed by atoms with Crippen molar-refractivity contribution in [1.29, 1.82) is 5.41 Å². The van der Waals surface area contributed by atoms with Crippen LogP contribution < -0.4 is 5.32 Å². The van der Waals surface area contributed by atoms with E-state index >= 15 is 0 Å². The van der Waals surface area contributed by atoms with Crippen molar-refractivity contribution < 1.29 is 5.11 Å². The average Bonchev–Trinajstić information content (AvgIpc) is 2.12. The molecule has 0 heterocycles. The van der Waals surface area contributed by atoms with Crippen LogP contribution in [0.1, 0.15) is 39.5 Å². The van der Waals surface area contributed by atoms with Gasteiger partial charge in [0.2, 0.25) is 0 Å². The van der Waals surface area contributed by atoms with Crippen molar-refractivity contribution in [3.8, 4) is 0 Å². The fourth-order valence-electron chi connectivity index (χ4n) is 1.40. The van der Waals surface area contributed by atoms with Crippen molar-refractivity contribution in [1.82, 2.24) is 5.32 Å². The Bertz CT molecular complexity index is 128. The van der Waals surface area contributed by atoms with Gasteiger partial charge in [-0.15, -0.1) is 0 Å². The summed E-state index contributed by atoms with van der Waals surface area (Å²) < 4.78 is 0. The van der Waals surface area contributed by atoms with Crippen LogP contribution in [0.2, 0.25) is 0 Å². The molecule has 3 nitrogen and oxygen atoms in total. The highest BCUT2D eigenvalue weighted by Crippen LogP contribution is 2.12. The molecule has 0 radical (unpaired) electrons. The van der Waals surface area contributed by atoms with Crippen LogP contribution in [0.15, 0.2) is 0 Å². The van der Waals surface area contributed by atoms with Gasteiger partial charge in [-0.25, -0.2) is 0 Å². The maximum absolute atomic E-state index is 8.61. The van der Waals surface area contributed by atoms with Crippen LogP contribution in [0.4, 0.5) is 0 Å². The van der Waals surface area contributed by atoms with Gasteiger partial charge in [0.05, 0.1) is 6.73 Å². The molecule has 0 fully saturated rings. The third-order valence-corrected chi connectivity index (χ3v) is 2.31. The minimum Gasteiger partial charge on any atom is -0.381 e. The molecule has 0 aliphatic carbocycles. The molecule has 0 bridgehead atoms. The molecule has 0 aromatic rings. The molecule has 0 aromatic carbocycles. The Hall–Kier alpha value is -0.410. The topological polar surface area (TPSA) is 56.1 Å². The highest BCUT2D eigenvalue weighted by molar-refractivity contribution is 5.56. The largest absolute Gasteiger partial charge is 0.381 e. The van der Waals surface area contributed by atoms with E-state index in [0.717, 1.165) is 25.7 Å². The zero-order chi connectivity index (χ0) is 10.1. The molecule has 0 aliphatic heterocycles. The van der Waals surface area contributed by atoms with Crippen molar-refractivity contribution in [2.24, 2.45) is 5.92 Å². The van der Waals surface area contributed by atoms with Crippen LogP contribution in [-0.4, -0.2) is 24.1 Å². The molecule has 78 valence electrons. The highest BCUT2D eigenvalue weighted by atomic mass is 16.3. The van der Waals surface area contributed by atoms with Gasteiger partial charge in [-0.05, 0) is 38.3 Å². The molecule has 0 spiro atoms. The second kappa shape index (κ2) is 8.20. The van der Waals surface area contributed by atoms with Crippen molar-refractivity contribution in [3.63, 3.8) is 0 Å². The maximum Gasteiger partial charge on any atom is 0.0933 e. The van der Waals surface area contributed by atoms with Gasteiger partial charge in [-0.2, -0.15) is 0 Å². The number of aliphatic hydroxyl groups excluding tert-OH is 1. The lowest BCUT2D eigenvalue weighted by Crippen LogP contribution is -2.27. The Labute approximate surface area is 81.1 Å². The van der Waals surface area contributed by atoms with E-state index in [1.807, 2.05) is 0 Å². The van der Waals surface area contributed by atoms with Crippen molar-refractivity contribution in [2.45, 2.75) is 45.6 Å². The summed E-state index contributed by atoms with van der Waals surface area (Å²) in [4.78, 5) is 0. The maximum atomic E-state index is 8.61. The van der Waals surface area contributed by atoms with E-state index in [0.29, 0.717) is 12.0 Å². The van der Waals surface area contributed by atoms with Crippen molar-refractivity contribution in [3.05, 3.63) is 0 Å². The molecule has 0 saturated heterocycles. The molecule has 2 atom stereocenters. The third-order valence-electron chi connectivity index (χ3n) is 2.31. The second-order valence-corrected chi connectivity index (χ2v) is 3.56. The molecule has 13 heavy (non-hydrogen) atoms. The lowest BCUT2D eigenvalue weighted by Gasteiger charge is -2.15. The second-order valence-electron chi connectivity index (χ2n) is 3.56. The third kappa shape index (κ3) is 6.72. The van der Waals surface area contributed by atoms with Gasteiger partial charge >= 0.3 is 0 Å². The number of nitrogens with one attached hydrogen (secondary N) is 2. The van der Waals surface area contributed by atoms with E-state index in [2.05, 4.69) is 19.2 Å². The van der Waals surface area contributed by atoms with Gasteiger partial charge in [0.1, 0.15) is 0 Å². The number of hydrogen-bond donors (Lipinski definition) is 3. The predicted molar refractivity (Wildman–Crippen MR) is 56.1 cm³/mol. The van der Waals surface area contributed by atoms with Gasteiger partial charge in [0.15, 0.2) is 0 Å². The highest BCUT2D eigenvalue weighted by Gasteiger charge is 2.06. The van der Waals surface area contributed by atoms with E-state index in [4.69, 9.17) is 10.5 Å². The molecular weight excluding hydrogens is 164 g/mol. The zero-order valence-corrected chi connectivity index (χ0v) is 8.71. The van der Waals surface area contributed by atoms with E-state index in [1.54, 1.807) is 6.21 Å². The Kier molecular flexibility index (Phi) is 7.94. The lowest BCUT2D eigenvalue weighted by molar-refractivity contribution is 0.239. The molecule has 3 N–H and O–H groups in total.